The highest BCUT2D eigenvalue weighted by atomic mass is 35.5. The summed E-state index contributed by atoms with van der Waals surface area (Å²) >= 11 is 6.07. The van der Waals surface area contributed by atoms with E-state index < -0.39 is 7.26 Å². The third-order valence-corrected chi connectivity index (χ3v) is 11.0. The first-order valence-corrected chi connectivity index (χ1v) is 10.7. The number of carbonyl (C=O) groups is 1. The quantitative estimate of drug-likeness (QED) is 0.748. The molecule has 2 nitrogen and oxygen atoms in total. The van der Waals surface area contributed by atoms with Gasteiger partial charge in [0.2, 0.25) is 0 Å². The van der Waals surface area contributed by atoms with Gasteiger partial charge < -0.3 is 5.32 Å². The van der Waals surface area contributed by atoms with Crippen LogP contribution in [0.5, 0.6) is 0 Å². The number of halogens is 1. The van der Waals surface area contributed by atoms with Gasteiger partial charge in [0.1, 0.15) is 0 Å². The van der Waals surface area contributed by atoms with Gasteiger partial charge in [0.05, 0.1) is 12.3 Å². The second-order valence-electron chi connectivity index (χ2n) is 6.43. The Kier molecular flexibility index (Phi) is 4.71. The number of carbonyl (C=O) groups excluding carboxylic acids is 1. The molecule has 21 heavy (non-hydrogen) atoms. The van der Waals surface area contributed by atoms with Gasteiger partial charge in [-0.05, 0) is 51.0 Å². The summed E-state index contributed by atoms with van der Waals surface area (Å²) in [5.41, 5.74) is 3.02. The van der Waals surface area contributed by atoms with Crippen LogP contribution < -0.4 is 5.32 Å². The van der Waals surface area contributed by atoms with Gasteiger partial charge in [-0.2, -0.15) is 0 Å². The van der Waals surface area contributed by atoms with E-state index in [1.54, 1.807) is 0 Å². The molecule has 0 heterocycles. The van der Waals surface area contributed by atoms with Crippen LogP contribution >= 0.6 is 18.9 Å². The highest BCUT2D eigenvalue weighted by Gasteiger charge is 2.66. The third-order valence-electron chi connectivity index (χ3n) is 5.31. The van der Waals surface area contributed by atoms with Crippen LogP contribution in [-0.2, 0) is 4.79 Å². The number of hydrogen-bond acceptors (Lipinski definition) is 1. The van der Waals surface area contributed by atoms with E-state index in [1.807, 2.05) is 26.0 Å². The van der Waals surface area contributed by atoms with Crippen molar-refractivity contribution < 1.29 is 4.79 Å². The van der Waals surface area contributed by atoms with Gasteiger partial charge in [-0.15, -0.1) is 0 Å². The minimum absolute atomic E-state index is 0.0744. The molecular formula is C17H26ClNOP+. The molecular weight excluding hydrogens is 301 g/mol. The number of hydrogen-bond donors (Lipinski definition) is 1. The predicted octanol–water partition coefficient (Wildman–Crippen LogP) is 5.12. The summed E-state index contributed by atoms with van der Waals surface area (Å²) in [7, 11) is -1.19. The smallest absolute Gasteiger partial charge is 0.268 e. The van der Waals surface area contributed by atoms with Gasteiger partial charge in [-0.25, -0.2) is 0 Å². The number of rotatable bonds is 5. The molecule has 0 radical (unpaired) electrons. The van der Waals surface area contributed by atoms with Crippen molar-refractivity contribution >= 4 is 30.5 Å². The number of benzene rings is 1. The zero-order valence-corrected chi connectivity index (χ0v) is 15.4. The lowest BCUT2D eigenvalue weighted by Crippen LogP contribution is -2.34. The highest BCUT2D eigenvalue weighted by Crippen LogP contribution is 2.75. The Morgan fingerprint density at radius 3 is 2.10 bits per heavy atom. The molecule has 1 amide bonds. The van der Waals surface area contributed by atoms with E-state index in [2.05, 4.69) is 25.8 Å². The van der Waals surface area contributed by atoms with Crippen molar-refractivity contribution in [3.8, 4) is 0 Å². The lowest BCUT2D eigenvalue weighted by molar-refractivity contribution is -0.116. The summed E-state index contributed by atoms with van der Waals surface area (Å²) in [6.07, 6.45) is 4.40. The molecule has 116 valence electrons. The number of anilines is 1. The Balaban J connectivity index is 2.27. The molecule has 0 aromatic heterocycles. The van der Waals surface area contributed by atoms with Crippen molar-refractivity contribution in [2.24, 2.45) is 0 Å². The molecule has 1 aliphatic rings. The van der Waals surface area contributed by atoms with Gasteiger partial charge in [0, 0.05) is 37.5 Å². The molecule has 1 saturated carbocycles. The zero-order valence-electron chi connectivity index (χ0n) is 13.7. The van der Waals surface area contributed by atoms with E-state index in [0.717, 1.165) is 47.0 Å². The first-order valence-electron chi connectivity index (χ1n) is 7.72. The normalized spacial score (nSPS) is 16.7. The largest absolute Gasteiger partial charge is 0.322 e. The summed E-state index contributed by atoms with van der Waals surface area (Å²) in [6, 6.07) is 3.83. The Labute approximate surface area is 134 Å². The average molecular weight is 327 g/mol. The summed E-state index contributed by atoms with van der Waals surface area (Å²) in [5, 5.41) is 3.86. The van der Waals surface area contributed by atoms with Crippen molar-refractivity contribution in [3.05, 3.63) is 28.3 Å². The predicted molar refractivity (Wildman–Crippen MR) is 95.4 cm³/mol. The molecule has 0 bridgehead atoms. The fourth-order valence-electron chi connectivity index (χ4n) is 3.30. The van der Waals surface area contributed by atoms with Crippen LogP contribution in [0.2, 0.25) is 5.02 Å². The zero-order chi connectivity index (χ0) is 15.8. The molecule has 0 aliphatic heterocycles. The number of amides is 1. The van der Waals surface area contributed by atoms with Crippen LogP contribution in [0.15, 0.2) is 12.1 Å². The Morgan fingerprint density at radius 1 is 1.24 bits per heavy atom. The summed E-state index contributed by atoms with van der Waals surface area (Å²) < 4.78 is 0. The van der Waals surface area contributed by atoms with Crippen LogP contribution in [0.3, 0.4) is 0 Å². The topological polar surface area (TPSA) is 29.1 Å². The van der Waals surface area contributed by atoms with E-state index >= 15 is 0 Å². The van der Waals surface area contributed by atoms with Gasteiger partial charge in [0.15, 0.2) is 5.16 Å². The summed E-state index contributed by atoms with van der Waals surface area (Å²) in [6.45, 7) is 10.8. The van der Waals surface area contributed by atoms with Crippen molar-refractivity contribution in [3.63, 3.8) is 0 Å². The Hall–Kier alpha value is -0.590. The van der Waals surface area contributed by atoms with E-state index in [4.69, 9.17) is 11.6 Å². The average Bonchev–Trinajstić information content (AvgIpc) is 3.23. The van der Waals surface area contributed by atoms with Gasteiger partial charge in [-0.3, -0.25) is 4.79 Å². The van der Waals surface area contributed by atoms with E-state index in [-0.39, 0.29) is 11.1 Å². The maximum Gasteiger partial charge on any atom is 0.268 e. The van der Waals surface area contributed by atoms with Gasteiger partial charge >= 0.3 is 0 Å². The first kappa shape index (κ1) is 16.8. The van der Waals surface area contributed by atoms with E-state index in [9.17, 15) is 4.79 Å². The molecule has 1 aromatic rings. The minimum atomic E-state index is -1.19. The molecule has 4 heteroatoms. The highest BCUT2D eigenvalue weighted by molar-refractivity contribution is 7.77. The molecule has 0 saturated heterocycles. The lowest BCUT2D eigenvalue weighted by Gasteiger charge is -2.29. The van der Waals surface area contributed by atoms with Gasteiger partial charge in [0.25, 0.3) is 5.91 Å². The van der Waals surface area contributed by atoms with Crippen LogP contribution in [0.1, 0.15) is 37.8 Å². The molecule has 1 N–H and O–H groups in total. The van der Waals surface area contributed by atoms with Crippen LogP contribution in [0, 0.1) is 13.8 Å². The summed E-state index contributed by atoms with van der Waals surface area (Å²) in [4.78, 5) is 12.9. The standard InChI is InChI=1S/C17H25ClNOP/c1-6-21(5,7-2)17(8-9-17)16(20)19-15-12(3)10-14(18)11-13(15)4/h10-11H,6-9H2,1-5H3/p+1. The minimum Gasteiger partial charge on any atom is -0.322 e. The number of nitrogens with one attached hydrogen (secondary N) is 1. The monoisotopic (exact) mass is 326 g/mol. The molecule has 1 fully saturated rings. The Morgan fingerprint density at radius 2 is 1.71 bits per heavy atom. The van der Waals surface area contributed by atoms with Crippen molar-refractivity contribution in [2.45, 2.75) is 45.7 Å². The lowest BCUT2D eigenvalue weighted by atomic mass is 10.1. The molecule has 0 atom stereocenters. The number of aryl methyl sites for hydroxylation is 2. The second-order valence-corrected chi connectivity index (χ2v) is 11.8. The summed E-state index contributed by atoms with van der Waals surface area (Å²) in [5.74, 6) is 0.232. The molecule has 0 unspecified atom stereocenters. The first-order chi connectivity index (χ1) is 9.79. The van der Waals surface area contributed by atoms with Gasteiger partial charge in [-0.1, -0.05) is 11.6 Å². The second kappa shape index (κ2) is 5.89. The van der Waals surface area contributed by atoms with E-state index in [0.29, 0.717) is 0 Å². The molecule has 2 rings (SSSR count). The maximum absolute atomic E-state index is 12.9. The fraction of sp³-hybridized carbons (Fsp3) is 0.588. The van der Waals surface area contributed by atoms with E-state index in [1.165, 1.54) is 0 Å². The van der Waals surface area contributed by atoms with Crippen LogP contribution in [0.25, 0.3) is 0 Å². The fourth-order valence-corrected chi connectivity index (χ4v) is 7.02. The molecule has 1 aromatic carbocycles. The van der Waals surface area contributed by atoms with Crippen molar-refractivity contribution in [1.29, 1.82) is 0 Å². The van der Waals surface area contributed by atoms with Crippen molar-refractivity contribution in [1.82, 2.24) is 0 Å². The Bertz CT molecular complexity index is 539. The molecule has 1 aliphatic carbocycles. The SMILES string of the molecule is CC[P+](C)(CC)C1(C(=O)Nc2c(C)cc(Cl)cc2C)CC1. The maximum atomic E-state index is 12.9. The van der Waals surface area contributed by atoms with Crippen LogP contribution in [-0.4, -0.2) is 30.1 Å². The molecule has 0 spiro atoms. The third kappa shape index (κ3) is 2.85. The van der Waals surface area contributed by atoms with Crippen LogP contribution in [0.4, 0.5) is 5.69 Å². The van der Waals surface area contributed by atoms with Crippen molar-refractivity contribution in [2.75, 3.05) is 24.3 Å².